The largest absolute Gasteiger partial charge is 0.384 e. The molecule has 3 aromatic rings. The quantitative estimate of drug-likeness (QED) is 0.339. The Bertz CT molecular complexity index is 1570. The van der Waals surface area contributed by atoms with E-state index in [-0.39, 0.29) is 28.9 Å². The normalized spacial score (nSPS) is 19.4. The molecule has 0 amide bonds. The van der Waals surface area contributed by atoms with E-state index in [1.165, 1.54) is 30.0 Å². The number of halogens is 3. The van der Waals surface area contributed by atoms with Gasteiger partial charge in [0, 0.05) is 27.7 Å². The van der Waals surface area contributed by atoms with Crippen LogP contribution in [0.5, 0.6) is 0 Å². The second kappa shape index (κ2) is 11.0. The monoisotopic (exact) mass is 611 g/mol. The summed E-state index contributed by atoms with van der Waals surface area (Å²) >= 11 is 1.41. The molecule has 0 radical (unpaired) electrons. The molecule has 222 valence electrons. The van der Waals surface area contributed by atoms with Crippen molar-refractivity contribution in [1.29, 1.82) is 0 Å². The van der Waals surface area contributed by atoms with E-state index >= 15 is 4.39 Å². The summed E-state index contributed by atoms with van der Waals surface area (Å²) in [5, 5.41) is 13.0. The van der Waals surface area contributed by atoms with Gasteiger partial charge in [0.05, 0.1) is 41.8 Å². The predicted molar refractivity (Wildman–Crippen MR) is 150 cm³/mol. The summed E-state index contributed by atoms with van der Waals surface area (Å²) in [5.74, 6) is -4.33. The van der Waals surface area contributed by atoms with Gasteiger partial charge in [-0.15, -0.1) is 11.8 Å². The molecule has 0 unspecified atom stereocenters. The number of alkyl halides is 2. The number of ether oxygens (including phenoxy) is 2. The molecule has 8 nitrogen and oxygen atoms in total. The minimum absolute atomic E-state index is 0.0438. The van der Waals surface area contributed by atoms with E-state index in [0.29, 0.717) is 40.7 Å². The Kier molecular flexibility index (Phi) is 8.05. The first-order chi connectivity index (χ1) is 19.2. The SMILES string of the molecule is Cc1nc(N[C@H](C)c2cccc(C(F)(F)C(C)(C)O)c2F)c2cc(S[C@H]3CCOC3)c(S(=O)(=O)C3COC3)cc2n1. The molecule has 1 aromatic heterocycles. The minimum Gasteiger partial charge on any atom is -0.384 e. The Morgan fingerprint density at radius 1 is 1.15 bits per heavy atom. The first kappa shape index (κ1) is 30.0. The molecule has 41 heavy (non-hydrogen) atoms. The molecular formula is C28H32F3N3O5S2. The molecular weight excluding hydrogens is 579 g/mol. The fraction of sp³-hybridized carbons (Fsp3) is 0.500. The number of rotatable bonds is 9. The summed E-state index contributed by atoms with van der Waals surface area (Å²) in [5.41, 5.74) is -3.06. The molecule has 0 bridgehead atoms. The van der Waals surface area contributed by atoms with Crippen molar-refractivity contribution in [2.45, 2.75) is 72.0 Å². The van der Waals surface area contributed by atoms with Crippen LogP contribution in [-0.4, -0.2) is 66.0 Å². The van der Waals surface area contributed by atoms with Crippen LogP contribution >= 0.6 is 11.8 Å². The maximum atomic E-state index is 15.5. The highest BCUT2D eigenvalue weighted by atomic mass is 32.2. The fourth-order valence-electron chi connectivity index (χ4n) is 4.77. The maximum Gasteiger partial charge on any atom is 0.303 e. The number of hydrogen-bond donors (Lipinski definition) is 2. The molecule has 2 aliphatic rings. The average Bonchev–Trinajstić information content (AvgIpc) is 3.35. The van der Waals surface area contributed by atoms with E-state index < -0.39 is 44.0 Å². The van der Waals surface area contributed by atoms with E-state index in [0.717, 1.165) is 26.3 Å². The van der Waals surface area contributed by atoms with Crippen LogP contribution in [0.15, 0.2) is 40.1 Å². The van der Waals surface area contributed by atoms with Crippen LogP contribution < -0.4 is 5.32 Å². The molecule has 13 heteroatoms. The van der Waals surface area contributed by atoms with Crippen molar-refractivity contribution >= 4 is 38.3 Å². The lowest BCUT2D eigenvalue weighted by atomic mass is 9.91. The number of hydrogen-bond acceptors (Lipinski definition) is 9. The number of aromatic nitrogens is 2. The maximum absolute atomic E-state index is 15.5. The topological polar surface area (TPSA) is 111 Å². The summed E-state index contributed by atoms with van der Waals surface area (Å²) in [7, 11) is -3.70. The zero-order valence-corrected chi connectivity index (χ0v) is 24.7. The zero-order chi connectivity index (χ0) is 29.7. The van der Waals surface area contributed by atoms with Crippen LogP contribution in [0.25, 0.3) is 10.9 Å². The van der Waals surface area contributed by atoms with Gasteiger partial charge in [0.1, 0.15) is 28.3 Å². The minimum atomic E-state index is -3.84. The number of thioether (sulfide) groups is 1. The highest BCUT2D eigenvalue weighted by molar-refractivity contribution is 8.01. The van der Waals surface area contributed by atoms with Crippen LogP contribution in [-0.2, 0) is 25.2 Å². The molecule has 2 saturated heterocycles. The van der Waals surface area contributed by atoms with Gasteiger partial charge in [0.2, 0.25) is 0 Å². The third-order valence-corrected chi connectivity index (χ3v) is 10.9. The molecule has 3 heterocycles. The number of aliphatic hydroxyl groups is 1. The molecule has 2 aliphatic heterocycles. The number of benzene rings is 2. The van der Waals surface area contributed by atoms with Crippen LogP contribution in [0.1, 0.15) is 50.2 Å². The van der Waals surface area contributed by atoms with Gasteiger partial charge < -0.3 is 19.9 Å². The summed E-state index contributed by atoms with van der Waals surface area (Å²) in [6, 6.07) is 6.10. The van der Waals surface area contributed by atoms with Crippen molar-refractivity contribution in [3.05, 3.63) is 53.1 Å². The van der Waals surface area contributed by atoms with E-state index in [9.17, 15) is 22.3 Å². The Balaban J connectivity index is 1.57. The molecule has 2 fully saturated rings. The molecule has 0 spiro atoms. The lowest BCUT2D eigenvalue weighted by molar-refractivity contribution is -0.170. The third kappa shape index (κ3) is 5.66. The smallest absolute Gasteiger partial charge is 0.303 e. The average molecular weight is 612 g/mol. The second-order valence-corrected chi connectivity index (χ2v) is 14.5. The Morgan fingerprint density at radius 2 is 1.88 bits per heavy atom. The lowest BCUT2D eigenvalue weighted by Crippen LogP contribution is -2.41. The summed E-state index contributed by atoms with van der Waals surface area (Å²) in [4.78, 5) is 9.67. The zero-order valence-electron chi connectivity index (χ0n) is 23.1. The standard InChI is InChI=1S/C28H32F3N3O5S2/c1-15(19-6-5-7-21(25(19)29)28(30,31)27(3,4)35)32-26-20-10-23(40-17-8-9-38-12-17)24(11-22(20)33-16(2)34-26)41(36,37)18-13-39-14-18/h5-7,10-11,15,17-18,35H,8-9,12-14H2,1-4H3,(H,32,33,34)/t15-,17+/m1/s1. The number of nitrogens with one attached hydrogen (secondary N) is 1. The van der Waals surface area contributed by atoms with E-state index in [1.54, 1.807) is 19.9 Å². The number of fused-ring (bicyclic) bond motifs is 1. The van der Waals surface area contributed by atoms with Crippen molar-refractivity contribution in [2.24, 2.45) is 0 Å². The van der Waals surface area contributed by atoms with Crippen LogP contribution in [0.2, 0.25) is 0 Å². The van der Waals surface area contributed by atoms with Gasteiger partial charge in [-0.05, 0) is 52.3 Å². The van der Waals surface area contributed by atoms with Crippen molar-refractivity contribution in [3.8, 4) is 0 Å². The number of anilines is 1. The van der Waals surface area contributed by atoms with Gasteiger partial charge in [-0.2, -0.15) is 8.78 Å². The molecule has 5 rings (SSSR count). The Labute approximate surface area is 241 Å². The highest BCUT2D eigenvalue weighted by Gasteiger charge is 2.49. The summed E-state index contributed by atoms with van der Waals surface area (Å²) < 4.78 is 82.9. The van der Waals surface area contributed by atoms with Crippen molar-refractivity contribution < 1.29 is 36.2 Å². The van der Waals surface area contributed by atoms with E-state index in [1.807, 2.05) is 0 Å². The summed E-state index contributed by atoms with van der Waals surface area (Å²) in [6.45, 7) is 6.44. The van der Waals surface area contributed by atoms with E-state index in [4.69, 9.17) is 9.47 Å². The van der Waals surface area contributed by atoms with E-state index in [2.05, 4.69) is 15.3 Å². The Morgan fingerprint density at radius 3 is 2.49 bits per heavy atom. The first-order valence-electron chi connectivity index (χ1n) is 13.2. The second-order valence-electron chi connectivity index (χ2n) is 11.0. The molecule has 2 atom stereocenters. The van der Waals surface area contributed by atoms with Crippen LogP contribution in [0, 0.1) is 12.7 Å². The number of aryl methyl sites for hydroxylation is 1. The lowest BCUT2D eigenvalue weighted by Gasteiger charge is -2.30. The van der Waals surface area contributed by atoms with Crippen molar-refractivity contribution in [3.63, 3.8) is 0 Å². The van der Waals surface area contributed by atoms with Crippen LogP contribution in [0.3, 0.4) is 0 Å². The van der Waals surface area contributed by atoms with Crippen molar-refractivity contribution in [1.82, 2.24) is 9.97 Å². The molecule has 0 aliphatic carbocycles. The van der Waals surface area contributed by atoms with Gasteiger partial charge in [-0.25, -0.2) is 22.8 Å². The van der Waals surface area contributed by atoms with Gasteiger partial charge in [-0.1, -0.05) is 12.1 Å². The van der Waals surface area contributed by atoms with Crippen molar-refractivity contribution in [2.75, 3.05) is 31.7 Å². The van der Waals surface area contributed by atoms with Gasteiger partial charge in [0.25, 0.3) is 0 Å². The molecule has 2 aromatic carbocycles. The number of nitrogens with zero attached hydrogens (tertiary/aromatic N) is 2. The highest BCUT2D eigenvalue weighted by Crippen LogP contribution is 2.42. The van der Waals surface area contributed by atoms with Gasteiger partial charge in [-0.3, -0.25) is 0 Å². The predicted octanol–water partition coefficient (Wildman–Crippen LogP) is 5.17. The van der Waals surface area contributed by atoms with Crippen LogP contribution in [0.4, 0.5) is 19.0 Å². The number of sulfone groups is 1. The Hall–Kier alpha value is -2.45. The van der Waals surface area contributed by atoms with Gasteiger partial charge in [0.15, 0.2) is 9.84 Å². The first-order valence-corrected chi connectivity index (χ1v) is 15.7. The molecule has 2 N–H and O–H groups in total. The third-order valence-electron chi connectivity index (χ3n) is 7.36. The van der Waals surface area contributed by atoms with Gasteiger partial charge >= 0.3 is 5.92 Å². The summed E-state index contributed by atoms with van der Waals surface area (Å²) in [6.07, 6.45) is 0.770. The fourth-order valence-corrected chi connectivity index (χ4v) is 7.89. The molecule has 0 saturated carbocycles.